The molecule has 6 nitrogen and oxygen atoms in total. The van der Waals surface area contributed by atoms with E-state index < -0.39 is 15.9 Å². The van der Waals surface area contributed by atoms with E-state index in [1.807, 2.05) is 24.3 Å². The van der Waals surface area contributed by atoms with Crippen molar-refractivity contribution in [1.29, 1.82) is 0 Å². The fourth-order valence-electron chi connectivity index (χ4n) is 4.61. The third kappa shape index (κ3) is 7.28. The molecule has 1 fully saturated rings. The number of piperidine rings is 1. The lowest BCUT2D eigenvalue weighted by atomic mass is 9.86. The van der Waals surface area contributed by atoms with Crippen LogP contribution >= 0.6 is 23.2 Å². The molecule has 0 saturated carbocycles. The zero-order valence-corrected chi connectivity index (χ0v) is 24.5. The van der Waals surface area contributed by atoms with Crippen LogP contribution in [0.5, 0.6) is 0 Å². The Bertz CT molecular complexity index is 1480. The molecule has 1 amide bonds. The maximum atomic E-state index is 13.1. The first-order chi connectivity index (χ1) is 18.3. The van der Waals surface area contributed by atoms with Crippen LogP contribution in [0.2, 0.25) is 10.0 Å². The smallest absolute Gasteiger partial charge is 0.228 e. The van der Waals surface area contributed by atoms with Gasteiger partial charge >= 0.3 is 0 Å². The molecule has 4 rings (SSSR count). The number of ketones is 1. The van der Waals surface area contributed by atoms with Crippen LogP contribution in [0, 0.1) is 5.92 Å². The summed E-state index contributed by atoms with van der Waals surface area (Å²) in [6.45, 7) is 6.78. The number of amides is 1. The van der Waals surface area contributed by atoms with Crippen molar-refractivity contribution in [2.45, 2.75) is 44.8 Å². The number of hydrogen-bond acceptors (Lipinski definition) is 4. The predicted molar refractivity (Wildman–Crippen MR) is 157 cm³/mol. The van der Waals surface area contributed by atoms with Crippen LogP contribution in [0.15, 0.2) is 66.7 Å². The van der Waals surface area contributed by atoms with Gasteiger partial charge in [0.1, 0.15) is 0 Å². The van der Waals surface area contributed by atoms with E-state index in [-0.39, 0.29) is 34.4 Å². The molecule has 1 aliphatic heterocycles. The van der Waals surface area contributed by atoms with E-state index in [1.165, 1.54) is 10.4 Å². The SMILES string of the molecule is CC(C)(C)c1ccc(C(=O)c2cccc(NC(=O)[C@H]3CCCN(S(=O)(=O)Cc4ccc(Cl)cc4Cl)C3)c2)cc1. The summed E-state index contributed by atoms with van der Waals surface area (Å²) >= 11 is 12.1. The minimum Gasteiger partial charge on any atom is -0.326 e. The lowest BCUT2D eigenvalue weighted by Gasteiger charge is -2.31. The van der Waals surface area contributed by atoms with Crippen LogP contribution in [0.1, 0.15) is 60.7 Å². The van der Waals surface area contributed by atoms with Crippen molar-refractivity contribution in [2.24, 2.45) is 5.92 Å². The largest absolute Gasteiger partial charge is 0.326 e. The second-order valence-electron chi connectivity index (χ2n) is 10.9. The van der Waals surface area contributed by atoms with E-state index in [4.69, 9.17) is 23.2 Å². The molecule has 3 aromatic carbocycles. The minimum absolute atomic E-state index is 0.0112. The van der Waals surface area contributed by atoms with Gasteiger partial charge in [0.25, 0.3) is 0 Å². The average molecular weight is 588 g/mol. The highest BCUT2D eigenvalue weighted by molar-refractivity contribution is 7.88. The lowest BCUT2D eigenvalue weighted by molar-refractivity contribution is -0.120. The quantitative estimate of drug-likeness (QED) is 0.312. The van der Waals surface area contributed by atoms with Crippen LogP contribution < -0.4 is 5.32 Å². The van der Waals surface area contributed by atoms with Gasteiger partial charge in [0.05, 0.1) is 11.7 Å². The van der Waals surface area contributed by atoms with Crippen LogP contribution in [-0.4, -0.2) is 37.5 Å². The molecule has 1 heterocycles. The number of carbonyl (C=O) groups is 2. The predicted octanol–water partition coefficient (Wildman–Crippen LogP) is 6.70. The fourth-order valence-corrected chi connectivity index (χ4v) is 6.80. The normalized spacial score (nSPS) is 16.6. The maximum absolute atomic E-state index is 13.1. The Morgan fingerprint density at radius 1 is 0.974 bits per heavy atom. The Kier molecular flexibility index (Phi) is 8.86. The number of carbonyl (C=O) groups excluding carboxylic acids is 2. The summed E-state index contributed by atoms with van der Waals surface area (Å²) in [7, 11) is -3.69. The van der Waals surface area contributed by atoms with Gasteiger partial charge in [0.15, 0.2) is 5.78 Å². The second-order valence-corrected chi connectivity index (χ2v) is 13.7. The highest BCUT2D eigenvalue weighted by Gasteiger charge is 2.33. The lowest BCUT2D eigenvalue weighted by Crippen LogP contribution is -2.44. The summed E-state index contributed by atoms with van der Waals surface area (Å²) in [6, 6.07) is 19.1. The number of anilines is 1. The molecule has 0 unspecified atom stereocenters. The first-order valence-electron chi connectivity index (χ1n) is 12.8. The summed E-state index contributed by atoms with van der Waals surface area (Å²) in [5, 5.41) is 3.60. The third-order valence-electron chi connectivity index (χ3n) is 6.91. The van der Waals surface area contributed by atoms with Crippen molar-refractivity contribution in [2.75, 3.05) is 18.4 Å². The van der Waals surface area contributed by atoms with Crippen molar-refractivity contribution in [3.8, 4) is 0 Å². The molecule has 0 bridgehead atoms. The van der Waals surface area contributed by atoms with Crippen LogP contribution in [-0.2, 0) is 26.0 Å². The molecule has 0 aromatic heterocycles. The van der Waals surface area contributed by atoms with Crippen LogP contribution in [0.25, 0.3) is 0 Å². The fraction of sp³-hybridized carbons (Fsp3) is 0.333. The molecule has 1 atom stereocenters. The average Bonchev–Trinajstić information content (AvgIpc) is 2.89. The summed E-state index contributed by atoms with van der Waals surface area (Å²) in [5.74, 6) is -1.20. The Balaban J connectivity index is 1.42. The van der Waals surface area contributed by atoms with Gasteiger partial charge in [0, 0.05) is 39.9 Å². The number of halogens is 2. The third-order valence-corrected chi connectivity index (χ3v) is 9.29. The van der Waals surface area contributed by atoms with Crippen molar-refractivity contribution >= 4 is 50.6 Å². The van der Waals surface area contributed by atoms with Crippen molar-refractivity contribution in [3.05, 3.63) is 99.0 Å². The van der Waals surface area contributed by atoms with Gasteiger partial charge in [-0.2, -0.15) is 0 Å². The van der Waals surface area contributed by atoms with E-state index in [1.54, 1.807) is 36.4 Å². The first kappa shape index (κ1) is 29.3. The zero-order chi connectivity index (χ0) is 28.4. The van der Waals surface area contributed by atoms with Gasteiger partial charge in [-0.1, -0.05) is 86.4 Å². The van der Waals surface area contributed by atoms with Gasteiger partial charge in [-0.05, 0) is 53.6 Å². The molecule has 206 valence electrons. The number of benzene rings is 3. The zero-order valence-electron chi connectivity index (χ0n) is 22.2. The summed E-state index contributed by atoms with van der Waals surface area (Å²) in [5.41, 5.74) is 3.11. The number of nitrogens with one attached hydrogen (secondary N) is 1. The Morgan fingerprint density at radius 2 is 1.69 bits per heavy atom. The Morgan fingerprint density at radius 3 is 2.36 bits per heavy atom. The minimum atomic E-state index is -3.69. The van der Waals surface area contributed by atoms with E-state index in [0.717, 1.165) is 5.56 Å². The molecule has 0 aliphatic carbocycles. The van der Waals surface area contributed by atoms with Crippen molar-refractivity contribution in [1.82, 2.24) is 4.31 Å². The second kappa shape index (κ2) is 11.8. The summed E-state index contributed by atoms with van der Waals surface area (Å²) in [4.78, 5) is 26.2. The Hall–Kier alpha value is -2.71. The van der Waals surface area contributed by atoms with Gasteiger partial charge in [-0.25, -0.2) is 12.7 Å². The van der Waals surface area contributed by atoms with Crippen LogP contribution in [0.3, 0.4) is 0 Å². The van der Waals surface area contributed by atoms with Gasteiger partial charge < -0.3 is 5.32 Å². The molecule has 1 aliphatic rings. The van der Waals surface area contributed by atoms with Gasteiger partial charge in [0.2, 0.25) is 15.9 Å². The molecule has 0 radical (unpaired) electrons. The number of nitrogens with zero attached hydrogens (tertiary/aromatic N) is 1. The van der Waals surface area contributed by atoms with Gasteiger partial charge in [-0.3, -0.25) is 9.59 Å². The highest BCUT2D eigenvalue weighted by Crippen LogP contribution is 2.27. The van der Waals surface area contributed by atoms with E-state index in [0.29, 0.717) is 46.8 Å². The molecule has 0 spiro atoms. The van der Waals surface area contributed by atoms with E-state index in [9.17, 15) is 18.0 Å². The molecule has 1 N–H and O–H groups in total. The van der Waals surface area contributed by atoms with Crippen molar-refractivity contribution in [3.63, 3.8) is 0 Å². The highest BCUT2D eigenvalue weighted by atomic mass is 35.5. The summed E-state index contributed by atoms with van der Waals surface area (Å²) < 4.78 is 27.6. The van der Waals surface area contributed by atoms with E-state index in [2.05, 4.69) is 26.1 Å². The van der Waals surface area contributed by atoms with Crippen molar-refractivity contribution < 1.29 is 18.0 Å². The summed E-state index contributed by atoms with van der Waals surface area (Å²) in [6.07, 6.45) is 1.13. The molecular weight excluding hydrogens is 555 g/mol. The monoisotopic (exact) mass is 586 g/mol. The van der Waals surface area contributed by atoms with E-state index >= 15 is 0 Å². The maximum Gasteiger partial charge on any atom is 0.228 e. The molecular formula is C30H32Cl2N2O4S. The molecule has 1 saturated heterocycles. The topological polar surface area (TPSA) is 83.6 Å². The molecule has 9 heteroatoms. The van der Waals surface area contributed by atoms with Gasteiger partial charge in [-0.15, -0.1) is 0 Å². The van der Waals surface area contributed by atoms with Crippen LogP contribution in [0.4, 0.5) is 5.69 Å². The Labute approximate surface area is 240 Å². The molecule has 39 heavy (non-hydrogen) atoms. The number of hydrogen-bond donors (Lipinski definition) is 1. The molecule has 3 aromatic rings. The first-order valence-corrected chi connectivity index (χ1v) is 15.2. The number of sulfonamides is 1. The number of rotatable bonds is 7. The standard InChI is InChI=1S/C30H32Cl2N2O4S/c1-30(2,3)24-12-9-20(10-13-24)28(35)21-6-4-8-26(16-21)33-29(36)22-7-5-15-34(18-22)39(37,38)19-23-11-14-25(31)17-27(23)32/h4,6,8-14,16-17,22H,5,7,15,18-19H2,1-3H3,(H,33,36)/t22-/m0/s1.